The van der Waals surface area contributed by atoms with Crippen molar-refractivity contribution in [2.24, 2.45) is 0 Å². The number of aromatic nitrogens is 4. The Bertz CT molecular complexity index is 1380. The Hall–Kier alpha value is -2.85. The molecule has 3 aromatic rings. The molecule has 2 aromatic heterocycles. The molecule has 0 saturated carbocycles. The van der Waals surface area contributed by atoms with Gasteiger partial charge in [-0.1, -0.05) is 23.2 Å². The SMILES string of the molecule is CS(=O)(=O)c1nc(C(F)(F)F)nc2nn(-c3c(Cl)cc(C(F)(F)F)cc3Cl)c(NC(=O)O)c12. The summed E-state index contributed by atoms with van der Waals surface area (Å²) in [5, 5.41) is 11.0. The molecule has 2 heterocycles. The molecule has 0 radical (unpaired) electrons. The van der Waals surface area contributed by atoms with Gasteiger partial charge in [0.2, 0.25) is 5.82 Å². The third-order valence-electron chi connectivity index (χ3n) is 3.89. The van der Waals surface area contributed by atoms with Gasteiger partial charge in [0, 0.05) is 6.26 Å². The van der Waals surface area contributed by atoms with E-state index in [2.05, 4.69) is 15.1 Å². The summed E-state index contributed by atoms with van der Waals surface area (Å²) in [4.78, 5) is 17.4. The zero-order valence-electron chi connectivity index (χ0n) is 15.5. The molecule has 0 bridgehead atoms. The van der Waals surface area contributed by atoms with Gasteiger partial charge in [-0.2, -0.15) is 26.3 Å². The number of hydrogen-bond acceptors (Lipinski definition) is 6. The molecule has 2 N–H and O–H groups in total. The van der Waals surface area contributed by atoms with Crippen LogP contribution >= 0.6 is 23.2 Å². The maximum Gasteiger partial charge on any atom is 0.451 e. The van der Waals surface area contributed by atoms with Crippen LogP contribution in [0.1, 0.15) is 11.4 Å². The van der Waals surface area contributed by atoms with E-state index in [0.717, 1.165) is 0 Å². The summed E-state index contributed by atoms with van der Waals surface area (Å²) < 4.78 is 103. The first-order valence-electron chi connectivity index (χ1n) is 8.06. The number of halogens is 8. The lowest BCUT2D eigenvalue weighted by atomic mass is 10.2. The van der Waals surface area contributed by atoms with Gasteiger partial charge in [0.05, 0.1) is 15.6 Å². The maximum atomic E-state index is 13.2. The minimum Gasteiger partial charge on any atom is -0.465 e. The van der Waals surface area contributed by atoms with Crippen molar-refractivity contribution in [1.29, 1.82) is 0 Å². The number of fused-ring (bicyclic) bond motifs is 1. The largest absolute Gasteiger partial charge is 0.465 e. The molecular formula is C15H7Cl2F6N5O4S. The summed E-state index contributed by atoms with van der Waals surface area (Å²) in [5.41, 5.74) is -2.84. The van der Waals surface area contributed by atoms with Crippen molar-refractivity contribution in [2.45, 2.75) is 17.4 Å². The Morgan fingerprint density at radius 1 is 1.06 bits per heavy atom. The number of benzene rings is 1. The molecule has 3 rings (SSSR count). The molecule has 0 aliphatic rings. The van der Waals surface area contributed by atoms with Gasteiger partial charge in [0.25, 0.3) is 0 Å². The number of carboxylic acid groups (broad SMARTS) is 1. The van der Waals surface area contributed by atoms with Gasteiger partial charge in [-0.25, -0.2) is 27.9 Å². The topological polar surface area (TPSA) is 127 Å². The van der Waals surface area contributed by atoms with E-state index >= 15 is 0 Å². The Morgan fingerprint density at radius 3 is 2.03 bits per heavy atom. The molecular weight excluding hydrogens is 531 g/mol. The highest BCUT2D eigenvalue weighted by Crippen LogP contribution is 2.40. The molecule has 1 aromatic carbocycles. The van der Waals surface area contributed by atoms with E-state index in [1.807, 2.05) is 0 Å². The Morgan fingerprint density at radius 2 is 1.61 bits per heavy atom. The second kappa shape index (κ2) is 7.88. The van der Waals surface area contributed by atoms with E-state index in [1.165, 1.54) is 0 Å². The summed E-state index contributed by atoms with van der Waals surface area (Å²) in [6, 6.07) is 0.813. The van der Waals surface area contributed by atoms with E-state index in [1.54, 1.807) is 5.32 Å². The number of nitrogens with zero attached hydrogens (tertiary/aromatic N) is 4. The molecule has 178 valence electrons. The summed E-state index contributed by atoms with van der Waals surface area (Å²) in [5.74, 6) is -2.73. The fraction of sp³-hybridized carbons (Fsp3) is 0.200. The zero-order chi connectivity index (χ0) is 25.1. The lowest BCUT2D eigenvalue weighted by molar-refractivity contribution is -0.145. The van der Waals surface area contributed by atoms with Gasteiger partial charge in [0.1, 0.15) is 11.1 Å². The molecule has 0 aliphatic carbocycles. The predicted molar refractivity (Wildman–Crippen MR) is 101 cm³/mol. The first kappa shape index (κ1) is 24.8. The molecule has 0 aliphatic heterocycles. The van der Waals surface area contributed by atoms with Crippen molar-refractivity contribution in [3.05, 3.63) is 33.6 Å². The van der Waals surface area contributed by atoms with Crippen molar-refractivity contribution < 1.29 is 44.7 Å². The number of hydrogen-bond donors (Lipinski definition) is 2. The van der Waals surface area contributed by atoms with Crippen LogP contribution in [-0.4, -0.2) is 45.6 Å². The molecule has 0 atom stereocenters. The van der Waals surface area contributed by atoms with Gasteiger partial charge < -0.3 is 5.11 Å². The van der Waals surface area contributed by atoms with Crippen LogP contribution in [0.4, 0.5) is 37.0 Å². The van der Waals surface area contributed by atoms with Crippen LogP contribution in [-0.2, 0) is 22.2 Å². The average molecular weight is 538 g/mol. The van der Waals surface area contributed by atoms with E-state index in [9.17, 15) is 39.6 Å². The van der Waals surface area contributed by atoms with Crippen LogP contribution in [0.15, 0.2) is 17.2 Å². The first-order valence-corrected chi connectivity index (χ1v) is 10.7. The monoisotopic (exact) mass is 537 g/mol. The maximum absolute atomic E-state index is 13.2. The van der Waals surface area contributed by atoms with Crippen molar-refractivity contribution in [1.82, 2.24) is 19.7 Å². The quantitative estimate of drug-likeness (QED) is 0.367. The average Bonchev–Trinajstić information content (AvgIpc) is 2.95. The lowest BCUT2D eigenvalue weighted by Gasteiger charge is -2.14. The van der Waals surface area contributed by atoms with Crippen LogP contribution in [0, 0.1) is 0 Å². The second-order valence-corrected chi connectivity index (χ2v) is 9.04. The minimum atomic E-state index is -5.22. The van der Waals surface area contributed by atoms with Crippen LogP contribution in [0.5, 0.6) is 0 Å². The highest BCUT2D eigenvalue weighted by Gasteiger charge is 2.39. The minimum absolute atomic E-state index is 0.407. The number of nitrogens with one attached hydrogen (secondary N) is 1. The molecule has 1 amide bonds. The Labute approximate surface area is 188 Å². The van der Waals surface area contributed by atoms with Crippen LogP contribution < -0.4 is 5.32 Å². The Balaban J connectivity index is 2.49. The number of sulfone groups is 1. The highest BCUT2D eigenvalue weighted by atomic mass is 35.5. The fourth-order valence-electron chi connectivity index (χ4n) is 2.66. The third kappa shape index (κ3) is 4.77. The second-order valence-electron chi connectivity index (χ2n) is 6.30. The molecule has 18 heteroatoms. The normalized spacial score (nSPS) is 12.9. The van der Waals surface area contributed by atoms with Crippen molar-refractivity contribution in [3.8, 4) is 5.69 Å². The standard InChI is InChI=1S/C15H7Cl2F6N5O4S/c1-33(31,32)11-7-9(24-12(26-11)15(21,22)23)27-28(10(7)25-13(29)30)8-5(16)2-4(3-6(8)17)14(18,19)20/h2-3,25H,1H3,(H,29,30). The van der Waals surface area contributed by atoms with Crippen molar-refractivity contribution in [3.63, 3.8) is 0 Å². The number of anilines is 1. The van der Waals surface area contributed by atoms with E-state index in [4.69, 9.17) is 28.3 Å². The Kier molecular flexibility index (Phi) is 5.92. The lowest BCUT2D eigenvalue weighted by Crippen LogP contribution is -2.16. The third-order valence-corrected chi connectivity index (χ3v) is 5.46. The van der Waals surface area contributed by atoms with Gasteiger partial charge in [-0.05, 0) is 12.1 Å². The summed E-state index contributed by atoms with van der Waals surface area (Å²) >= 11 is 11.8. The van der Waals surface area contributed by atoms with Gasteiger partial charge in [-0.15, -0.1) is 5.10 Å². The molecule has 33 heavy (non-hydrogen) atoms. The molecule has 0 saturated heterocycles. The van der Waals surface area contributed by atoms with E-state index in [-0.39, 0.29) is 0 Å². The molecule has 0 fully saturated rings. The molecule has 9 nitrogen and oxygen atoms in total. The molecule has 0 spiro atoms. The summed E-state index contributed by atoms with van der Waals surface area (Å²) in [7, 11) is -4.54. The van der Waals surface area contributed by atoms with Crippen molar-refractivity contribution in [2.75, 3.05) is 11.6 Å². The number of amides is 1. The van der Waals surface area contributed by atoms with Crippen LogP contribution in [0.25, 0.3) is 16.7 Å². The smallest absolute Gasteiger partial charge is 0.451 e. The van der Waals surface area contributed by atoms with Gasteiger partial charge in [-0.3, -0.25) is 5.32 Å². The van der Waals surface area contributed by atoms with Crippen molar-refractivity contribution >= 4 is 56.0 Å². The predicted octanol–water partition coefficient (Wildman–Crippen LogP) is 4.65. The number of alkyl halides is 6. The summed E-state index contributed by atoms with van der Waals surface area (Å²) in [6.07, 6.45) is -11.4. The highest BCUT2D eigenvalue weighted by molar-refractivity contribution is 7.90. The van der Waals surface area contributed by atoms with Crippen LogP contribution in [0.3, 0.4) is 0 Å². The molecule has 0 unspecified atom stereocenters. The number of carbonyl (C=O) groups is 1. The van der Waals surface area contributed by atoms with Gasteiger partial charge >= 0.3 is 18.4 Å². The summed E-state index contributed by atoms with van der Waals surface area (Å²) in [6.45, 7) is 0. The zero-order valence-corrected chi connectivity index (χ0v) is 17.9. The van der Waals surface area contributed by atoms with Crippen LogP contribution in [0.2, 0.25) is 10.0 Å². The number of rotatable bonds is 3. The fourth-order valence-corrected chi connectivity index (χ4v) is 4.12. The first-order chi connectivity index (χ1) is 14.9. The van der Waals surface area contributed by atoms with E-state index < -0.39 is 77.3 Å². The van der Waals surface area contributed by atoms with E-state index in [0.29, 0.717) is 23.1 Å². The van der Waals surface area contributed by atoms with Gasteiger partial charge in [0.15, 0.2) is 26.3 Å².